The Hall–Kier alpha value is -1.44. The first-order valence-corrected chi connectivity index (χ1v) is 9.20. The average Bonchev–Trinajstić information content (AvgIpc) is 3.27. The fraction of sp³-hybridized carbons (Fsp3) is 0.778. The number of carbonyl (C=O) groups is 1. The second-order valence-corrected chi connectivity index (χ2v) is 7.09. The van der Waals surface area contributed by atoms with E-state index in [-0.39, 0.29) is 24.0 Å². The minimum absolute atomic E-state index is 0.0303. The van der Waals surface area contributed by atoms with Crippen LogP contribution in [0.4, 0.5) is 0 Å². The zero-order valence-electron chi connectivity index (χ0n) is 14.8. The summed E-state index contributed by atoms with van der Waals surface area (Å²) >= 11 is 0. The lowest BCUT2D eigenvalue weighted by Crippen LogP contribution is -2.47. The third-order valence-electron chi connectivity index (χ3n) is 5.12. The van der Waals surface area contributed by atoms with Crippen molar-refractivity contribution in [3.63, 3.8) is 0 Å². The Kier molecular flexibility index (Phi) is 6.45. The summed E-state index contributed by atoms with van der Waals surface area (Å²) in [5, 5.41) is 17.2. The molecule has 1 aliphatic heterocycles. The van der Waals surface area contributed by atoms with Crippen LogP contribution in [0.3, 0.4) is 0 Å². The summed E-state index contributed by atoms with van der Waals surface area (Å²) in [5.41, 5.74) is 0.821. The van der Waals surface area contributed by atoms with Gasteiger partial charge in [0, 0.05) is 32.1 Å². The topological polar surface area (TPSA) is 93.8 Å². The molecule has 1 saturated heterocycles. The molecule has 1 amide bonds. The van der Waals surface area contributed by atoms with Gasteiger partial charge in [-0.25, -0.2) is 0 Å². The molecule has 1 saturated carbocycles. The van der Waals surface area contributed by atoms with Gasteiger partial charge in [0.25, 0.3) is 0 Å². The Morgan fingerprint density at radius 2 is 2.16 bits per heavy atom. The van der Waals surface area contributed by atoms with Crippen LogP contribution in [0.1, 0.15) is 50.0 Å². The van der Waals surface area contributed by atoms with Crippen molar-refractivity contribution in [2.24, 2.45) is 5.92 Å². The van der Waals surface area contributed by atoms with Crippen LogP contribution < -0.4 is 5.32 Å². The summed E-state index contributed by atoms with van der Waals surface area (Å²) < 4.78 is 16.2. The number of amides is 1. The Bertz CT molecular complexity index is 555. The molecular weight excluding hydrogens is 324 g/mol. The van der Waals surface area contributed by atoms with Crippen molar-refractivity contribution in [1.29, 1.82) is 0 Å². The van der Waals surface area contributed by atoms with Gasteiger partial charge in [-0.1, -0.05) is 18.0 Å². The van der Waals surface area contributed by atoms with Crippen molar-refractivity contribution in [1.82, 2.24) is 10.5 Å². The molecule has 1 aromatic heterocycles. The van der Waals surface area contributed by atoms with E-state index in [2.05, 4.69) is 10.5 Å². The van der Waals surface area contributed by atoms with Crippen LogP contribution >= 0.6 is 0 Å². The van der Waals surface area contributed by atoms with Crippen molar-refractivity contribution in [3.05, 3.63) is 17.5 Å². The zero-order valence-corrected chi connectivity index (χ0v) is 14.8. The van der Waals surface area contributed by atoms with E-state index in [1.807, 2.05) is 6.07 Å². The average molecular weight is 352 g/mol. The number of aliphatic hydroxyl groups is 1. The fourth-order valence-electron chi connectivity index (χ4n) is 3.71. The Morgan fingerprint density at radius 1 is 1.36 bits per heavy atom. The normalized spacial score (nSPS) is 27.5. The highest BCUT2D eigenvalue weighted by molar-refractivity contribution is 5.78. The van der Waals surface area contributed by atoms with Gasteiger partial charge in [-0.3, -0.25) is 4.79 Å². The van der Waals surface area contributed by atoms with E-state index in [0.29, 0.717) is 31.8 Å². The molecular formula is C18H28N2O5. The lowest BCUT2D eigenvalue weighted by molar-refractivity contribution is -0.131. The number of hydrogen-bond acceptors (Lipinski definition) is 6. The Morgan fingerprint density at radius 3 is 2.92 bits per heavy atom. The van der Waals surface area contributed by atoms with Crippen LogP contribution in [0.2, 0.25) is 0 Å². The van der Waals surface area contributed by atoms with Gasteiger partial charge in [0.15, 0.2) is 5.76 Å². The molecule has 3 rings (SSSR count). The van der Waals surface area contributed by atoms with Crippen molar-refractivity contribution in [2.75, 3.05) is 13.7 Å². The van der Waals surface area contributed by atoms with E-state index in [0.717, 1.165) is 37.8 Å². The maximum atomic E-state index is 12.1. The van der Waals surface area contributed by atoms with Crippen LogP contribution in [0.25, 0.3) is 0 Å². The van der Waals surface area contributed by atoms with Gasteiger partial charge in [-0.05, 0) is 25.7 Å². The minimum Gasteiger partial charge on any atom is -0.390 e. The van der Waals surface area contributed by atoms with E-state index in [1.54, 1.807) is 7.11 Å². The molecule has 7 heteroatoms. The lowest BCUT2D eigenvalue weighted by atomic mass is 9.98. The number of rotatable bonds is 7. The standard InChI is InChI=1S/C18H28N2O5/c1-23-11-15-9-13(20-25-15)8-14-6-7-16(21)17(24-14)10-19-18(22)12-4-2-3-5-12/h9,12,14,16-17,21H,2-8,10-11H2,1H3,(H,19,22)/t14-,16-,17+/m0/s1. The maximum absolute atomic E-state index is 12.1. The second-order valence-electron chi connectivity index (χ2n) is 7.09. The van der Waals surface area contributed by atoms with Crippen LogP contribution in [-0.4, -0.2) is 48.1 Å². The monoisotopic (exact) mass is 352 g/mol. The summed E-state index contributed by atoms with van der Waals surface area (Å²) in [4.78, 5) is 12.1. The van der Waals surface area contributed by atoms with E-state index in [9.17, 15) is 9.90 Å². The van der Waals surface area contributed by atoms with E-state index < -0.39 is 6.10 Å². The highest BCUT2D eigenvalue weighted by Crippen LogP contribution is 2.25. The molecule has 25 heavy (non-hydrogen) atoms. The van der Waals surface area contributed by atoms with Gasteiger partial charge >= 0.3 is 0 Å². The van der Waals surface area contributed by atoms with Crippen LogP contribution in [-0.2, 0) is 27.3 Å². The number of aromatic nitrogens is 1. The molecule has 1 aliphatic carbocycles. The molecule has 0 bridgehead atoms. The molecule has 140 valence electrons. The SMILES string of the molecule is COCc1cc(C[C@@H]2CC[C@H](O)[C@@H](CNC(=O)C3CCCC3)O2)no1. The molecule has 2 N–H and O–H groups in total. The number of nitrogens with zero attached hydrogens (tertiary/aromatic N) is 1. The van der Waals surface area contributed by atoms with Crippen LogP contribution in [0, 0.1) is 5.92 Å². The molecule has 7 nitrogen and oxygen atoms in total. The van der Waals surface area contributed by atoms with Gasteiger partial charge in [0.05, 0.1) is 17.9 Å². The number of carbonyl (C=O) groups excluding carboxylic acids is 1. The molecule has 0 spiro atoms. The van der Waals surface area contributed by atoms with Gasteiger partial charge in [0.2, 0.25) is 5.91 Å². The van der Waals surface area contributed by atoms with Crippen molar-refractivity contribution in [2.45, 2.75) is 69.9 Å². The smallest absolute Gasteiger partial charge is 0.223 e. The maximum Gasteiger partial charge on any atom is 0.223 e. The molecule has 3 atom stereocenters. The number of aliphatic hydroxyl groups excluding tert-OH is 1. The van der Waals surface area contributed by atoms with Crippen molar-refractivity contribution < 1.29 is 23.9 Å². The first-order valence-electron chi connectivity index (χ1n) is 9.20. The van der Waals surface area contributed by atoms with Crippen molar-refractivity contribution in [3.8, 4) is 0 Å². The zero-order chi connectivity index (χ0) is 17.6. The van der Waals surface area contributed by atoms with Gasteiger partial charge in [0.1, 0.15) is 12.7 Å². The number of methoxy groups -OCH3 is 1. The summed E-state index contributed by atoms with van der Waals surface area (Å²) in [6, 6.07) is 1.87. The number of ether oxygens (including phenoxy) is 2. The van der Waals surface area contributed by atoms with Crippen LogP contribution in [0.15, 0.2) is 10.6 Å². The van der Waals surface area contributed by atoms with Gasteiger partial charge in [-0.15, -0.1) is 0 Å². The quantitative estimate of drug-likeness (QED) is 0.774. The Balaban J connectivity index is 1.47. The predicted molar refractivity (Wildman–Crippen MR) is 89.8 cm³/mol. The predicted octanol–water partition coefficient (Wildman–Crippen LogP) is 1.58. The molecule has 1 aromatic rings. The minimum atomic E-state index is -0.540. The molecule has 2 fully saturated rings. The first-order chi connectivity index (χ1) is 12.2. The first kappa shape index (κ1) is 18.4. The highest BCUT2D eigenvalue weighted by Gasteiger charge is 2.31. The van der Waals surface area contributed by atoms with E-state index in [1.165, 1.54) is 0 Å². The van der Waals surface area contributed by atoms with Crippen molar-refractivity contribution >= 4 is 5.91 Å². The molecule has 2 aliphatic rings. The Labute approximate surface area is 148 Å². The summed E-state index contributed by atoms with van der Waals surface area (Å²) in [6.45, 7) is 0.758. The summed E-state index contributed by atoms with van der Waals surface area (Å²) in [5.74, 6) is 0.913. The lowest BCUT2D eigenvalue weighted by Gasteiger charge is -2.34. The molecule has 0 aromatic carbocycles. The molecule has 0 radical (unpaired) electrons. The summed E-state index contributed by atoms with van der Waals surface area (Å²) in [7, 11) is 1.61. The van der Waals surface area contributed by atoms with E-state index in [4.69, 9.17) is 14.0 Å². The highest BCUT2D eigenvalue weighted by atomic mass is 16.5. The molecule has 0 unspecified atom stereocenters. The van der Waals surface area contributed by atoms with E-state index >= 15 is 0 Å². The van der Waals surface area contributed by atoms with Gasteiger partial charge < -0.3 is 24.4 Å². The summed E-state index contributed by atoms with van der Waals surface area (Å²) in [6.07, 6.45) is 5.33. The third kappa shape index (κ3) is 5.03. The third-order valence-corrected chi connectivity index (χ3v) is 5.12. The largest absolute Gasteiger partial charge is 0.390 e. The second kappa shape index (κ2) is 8.78. The fourth-order valence-corrected chi connectivity index (χ4v) is 3.71. The number of hydrogen-bond donors (Lipinski definition) is 2. The van der Waals surface area contributed by atoms with Crippen LogP contribution in [0.5, 0.6) is 0 Å². The number of nitrogens with one attached hydrogen (secondary N) is 1. The van der Waals surface area contributed by atoms with Gasteiger partial charge in [-0.2, -0.15) is 0 Å². The molecule has 2 heterocycles.